The number of aryl methyl sites for hydroxylation is 1. The molecule has 104 valence electrons. The molecule has 1 aliphatic heterocycles. The number of alkyl carbamates (subject to hydrolysis) is 1. The quantitative estimate of drug-likeness (QED) is 0.854. The van der Waals surface area contributed by atoms with E-state index in [2.05, 4.69) is 10.1 Å². The summed E-state index contributed by atoms with van der Waals surface area (Å²) < 4.78 is 4.54. The van der Waals surface area contributed by atoms with Crippen LogP contribution in [-0.4, -0.2) is 43.1 Å². The van der Waals surface area contributed by atoms with Crippen LogP contribution in [0.1, 0.15) is 21.0 Å². The molecule has 0 radical (unpaired) electrons. The molecule has 2 amide bonds. The van der Waals surface area contributed by atoms with Crippen LogP contribution in [0.2, 0.25) is 0 Å². The Hall–Kier alpha value is -1.76. The molecular formula is C12H17N3O3S. The number of carbonyl (C=O) groups is 2. The van der Waals surface area contributed by atoms with Crippen molar-refractivity contribution in [1.29, 1.82) is 0 Å². The highest BCUT2D eigenvalue weighted by Gasteiger charge is 2.29. The Morgan fingerprint density at radius 1 is 1.58 bits per heavy atom. The minimum atomic E-state index is -0.462. The zero-order chi connectivity index (χ0) is 14.0. The lowest BCUT2D eigenvalue weighted by molar-refractivity contribution is 0.0793. The summed E-state index contributed by atoms with van der Waals surface area (Å²) in [5.74, 6) is -0.0287. The minimum Gasteiger partial charge on any atom is -0.453 e. The summed E-state index contributed by atoms with van der Waals surface area (Å²) >= 11 is 1.40. The first-order chi connectivity index (χ1) is 9.01. The van der Waals surface area contributed by atoms with Gasteiger partial charge in [0.25, 0.3) is 5.91 Å². The Morgan fingerprint density at radius 2 is 2.32 bits per heavy atom. The number of methoxy groups -OCH3 is 1. The monoisotopic (exact) mass is 283 g/mol. The molecule has 1 saturated heterocycles. The third-order valence-electron chi connectivity index (χ3n) is 3.15. The summed E-state index contributed by atoms with van der Waals surface area (Å²) in [4.78, 5) is 26.7. The second-order valence-corrected chi connectivity index (χ2v) is 5.75. The predicted molar refractivity (Wildman–Crippen MR) is 73.3 cm³/mol. The number of hydrogen-bond acceptors (Lipinski definition) is 5. The van der Waals surface area contributed by atoms with Crippen molar-refractivity contribution in [3.8, 4) is 0 Å². The molecule has 1 fully saturated rings. The SMILES string of the molecule is COC(=O)NC1CCN(C(=O)c2cc(N)c(C)s2)C1. The van der Waals surface area contributed by atoms with Crippen molar-refractivity contribution >= 4 is 29.0 Å². The third-order valence-corrected chi connectivity index (χ3v) is 4.20. The van der Waals surface area contributed by atoms with Crippen LogP contribution in [0.4, 0.5) is 10.5 Å². The number of anilines is 1. The fourth-order valence-electron chi connectivity index (χ4n) is 2.05. The summed E-state index contributed by atoms with van der Waals surface area (Å²) in [5, 5.41) is 2.71. The Kier molecular flexibility index (Phi) is 3.94. The molecule has 3 N–H and O–H groups in total. The van der Waals surface area contributed by atoms with E-state index in [1.165, 1.54) is 18.4 Å². The van der Waals surface area contributed by atoms with Crippen molar-refractivity contribution in [3.63, 3.8) is 0 Å². The van der Waals surface area contributed by atoms with Crippen LogP contribution in [0.15, 0.2) is 6.07 Å². The lowest BCUT2D eigenvalue weighted by Gasteiger charge is -2.15. The van der Waals surface area contributed by atoms with Gasteiger partial charge in [-0.15, -0.1) is 11.3 Å². The van der Waals surface area contributed by atoms with E-state index in [9.17, 15) is 9.59 Å². The van der Waals surface area contributed by atoms with Crippen LogP contribution in [0, 0.1) is 6.92 Å². The largest absolute Gasteiger partial charge is 0.453 e. The van der Waals surface area contributed by atoms with E-state index in [1.54, 1.807) is 11.0 Å². The summed E-state index contributed by atoms with van der Waals surface area (Å²) in [6.07, 6.45) is 0.274. The van der Waals surface area contributed by atoms with Gasteiger partial charge in [0.1, 0.15) is 0 Å². The normalized spacial score (nSPS) is 18.4. The number of ether oxygens (including phenoxy) is 1. The zero-order valence-electron chi connectivity index (χ0n) is 10.9. The van der Waals surface area contributed by atoms with Crippen molar-refractivity contribution < 1.29 is 14.3 Å². The number of nitrogens with one attached hydrogen (secondary N) is 1. The van der Waals surface area contributed by atoms with E-state index in [1.807, 2.05) is 6.92 Å². The molecule has 6 nitrogen and oxygen atoms in total. The summed E-state index contributed by atoms with van der Waals surface area (Å²) in [6, 6.07) is 1.67. The Morgan fingerprint density at radius 3 is 2.89 bits per heavy atom. The maximum atomic E-state index is 12.3. The Labute approximate surface area is 115 Å². The summed E-state index contributed by atoms with van der Waals surface area (Å²) in [5.41, 5.74) is 6.40. The fraction of sp³-hybridized carbons (Fsp3) is 0.500. The lowest BCUT2D eigenvalue weighted by atomic mass is 10.3. The van der Waals surface area contributed by atoms with E-state index < -0.39 is 6.09 Å². The first kappa shape index (κ1) is 13.7. The van der Waals surface area contributed by atoms with Gasteiger partial charge in [0.2, 0.25) is 0 Å². The minimum absolute atomic E-state index is 0.0287. The van der Waals surface area contributed by atoms with Gasteiger partial charge in [0.05, 0.1) is 18.0 Å². The van der Waals surface area contributed by atoms with Crippen LogP contribution >= 0.6 is 11.3 Å². The molecule has 0 bridgehead atoms. The van der Waals surface area contributed by atoms with Gasteiger partial charge in [-0.1, -0.05) is 0 Å². The number of nitrogens with two attached hydrogens (primary N) is 1. The van der Waals surface area contributed by atoms with Gasteiger partial charge in [0, 0.05) is 23.7 Å². The van der Waals surface area contributed by atoms with E-state index in [0.717, 1.165) is 11.3 Å². The second kappa shape index (κ2) is 5.48. The molecule has 0 saturated carbocycles. The van der Waals surface area contributed by atoms with E-state index in [-0.39, 0.29) is 11.9 Å². The van der Waals surface area contributed by atoms with Crippen LogP contribution in [0.3, 0.4) is 0 Å². The van der Waals surface area contributed by atoms with Gasteiger partial charge in [-0.25, -0.2) is 4.79 Å². The zero-order valence-corrected chi connectivity index (χ0v) is 11.8. The van der Waals surface area contributed by atoms with Crippen LogP contribution in [-0.2, 0) is 4.74 Å². The number of thiophene rings is 1. The van der Waals surface area contributed by atoms with Gasteiger partial charge >= 0.3 is 6.09 Å². The second-order valence-electron chi connectivity index (χ2n) is 4.49. The van der Waals surface area contributed by atoms with E-state index in [0.29, 0.717) is 23.7 Å². The number of rotatable bonds is 2. The van der Waals surface area contributed by atoms with E-state index in [4.69, 9.17) is 5.73 Å². The molecule has 1 aliphatic rings. The van der Waals surface area contributed by atoms with Crippen molar-refractivity contribution in [2.45, 2.75) is 19.4 Å². The molecule has 7 heteroatoms. The Bertz CT molecular complexity index is 481. The molecule has 0 spiro atoms. The standard InChI is InChI=1S/C12H17N3O3S/c1-7-9(13)5-10(19-7)11(16)15-4-3-8(6-15)14-12(17)18-2/h5,8H,3-4,6,13H2,1-2H3,(H,14,17). The van der Waals surface area contributed by atoms with Gasteiger partial charge in [-0.2, -0.15) is 0 Å². The van der Waals surface area contributed by atoms with Gasteiger partial charge in [-0.05, 0) is 19.4 Å². The number of nitrogens with zero attached hydrogens (tertiary/aromatic N) is 1. The molecular weight excluding hydrogens is 266 g/mol. The highest BCUT2D eigenvalue weighted by Crippen LogP contribution is 2.25. The van der Waals surface area contributed by atoms with Gasteiger partial charge in [0.15, 0.2) is 0 Å². The molecule has 2 rings (SSSR count). The molecule has 1 aromatic heterocycles. The first-order valence-corrected chi connectivity index (χ1v) is 6.82. The molecule has 1 aromatic rings. The summed E-state index contributed by atoms with van der Waals surface area (Å²) in [6.45, 7) is 3.03. The topological polar surface area (TPSA) is 84.7 Å². The van der Waals surface area contributed by atoms with Gasteiger partial charge in [-0.3, -0.25) is 4.79 Å². The van der Waals surface area contributed by atoms with Crippen molar-refractivity contribution in [2.24, 2.45) is 0 Å². The predicted octanol–water partition coefficient (Wildman–Crippen LogP) is 1.21. The van der Waals surface area contributed by atoms with Crippen LogP contribution in [0.5, 0.6) is 0 Å². The number of likely N-dealkylation sites (tertiary alicyclic amines) is 1. The molecule has 19 heavy (non-hydrogen) atoms. The molecule has 0 aromatic carbocycles. The molecule has 2 heterocycles. The highest BCUT2D eigenvalue weighted by atomic mass is 32.1. The average Bonchev–Trinajstić information content (AvgIpc) is 2.96. The summed E-state index contributed by atoms with van der Waals surface area (Å²) in [7, 11) is 1.32. The first-order valence-electron chi connectivity index (χ1n) is 6.01. The number of hydrogen-bond donors (Lipinski definition) is 2. The molecule has 1 atom stereocenters. The lowest BCUT2D eigenvalue weighted by Crippen LogP contribution is -2.38. The van der Waals surface area contributed by atoms with Gasteiger partial charge < -0.3 is 20.7 Å². The Balaban J connectivity index is 1.97. The number of amides is 2. The highest BCUT2D eigenvalue weighted by molar-refractivity contribution is 7.14. The van der Waals surface area contributed by atoms with Crippen molar-refractivity contribution in [2.75, 3.05) is 25.9 Å². The average molecular weight is 283 g/mol. The maximum absolute atomic E-state index is 12.3. The third kappa shape index (κ3) is 2.98. The molecule has 0 aliphatic carbocycles. The smallest absolute Gasteiger partial charge is 0.407 e. The van der Waals surface area contributed by atoms with Crippen LogP contribution < -0.4 is 11.1 Å². The van der Waals surface area contributed by atoms with Crippen LogP contribution in [0.25, 0.3) is 0 Å². The maximum Gasteiger partial charge on any atom is 0.407 e. The van der Waals surface area contributed by atoms with Crippen molar-refractivity contribution in [3.05, 3.63) is 15.8 Å². The van der Waals surface area contributed by atoms with E-state index >= 15 is 0 Å². The van der Waals surface area contributed by atoms with Crippen molar-refractivity contribution in [1.82, 2.24) is 10.2 Å². The fourth-order valence-corrected chi connectivity index (χ4v) is 2.95. The number of nitrogen functional groups attached to an aromatic ring is 1. The number of carbonyl (C=O) groups excluding carboxylic acids is 2. The molecule has 1 unspecified atom stereocenters.